The Balaban J connectivity index is 1.92. The predicted molar refractivity (Wildman–Crippen MR) is 71.3 cm³/mol. The Morgan fingerprint density at radius 1 is 1.11 bits per heavy atom. The molecule has 0 unspecified atom stereocenters. The lowest BCUT2D eigenvalue weighted by Crippen LogP contribution is -2.25. The largest absolute Gasteiger partial charge is 0.295 e. The van der Waals surface area contributed by atoms with E-state index in [1.54, 1.807) is 24.5 Å². The summed E-state index contributed by atoms with van der Waals surface area (Å²) < 4.78 is 0. The summed E-state index contributed by atoms with van der Waals surface area (Å²) in [5.41, 5.74) is 1.92. The van der Waals surface area contributed by atoms with Gasteiger partial charge in [-0.15, -0.1) is 0 Å². The SMILES string of the molecule is CN(CC(=O)c1ccncc1)Cc1ccccc1. The number of hydrogen-bond acceptors (Lipinski definition) is 3. The molecular formula is C15H16N2O. The van der Waals surface area contributed by atoms with E-state index in [1.807, 2.05) is 30.1 Å². The molecule has 0 aliphatic carbocycles. The van der Waals surface area contributed by atoms with Crippen molar-refractivity contribution in [1.29, 1.82) is 0 Å². The van der Waals surface area contributed by atoms with E-state index >= 15 is 0 Å². The van der Waals surface area contributed by atoms with Gasteiger partial charge in [0.1, 0.15) is 0 Å². The minimum absolute atomic E-state index is 0.121. The quantitative estimate of drug-likeness (QED) is 0.752. The number of rotatable bonds is 5. The first-order valence-electron chi connectivity index (χ1n) is 5.91. The number of nitrogens with zero attached hydrogens (tertiary/aromatic N) is 2. The Kier molecular flexibility index (Phi) is 4.20. The van der Waals surface area contributed by atoms with Crippen LogP contribution in [0.4, 0.5) is 0 Å². The fourth-order valence-electron chi connectivity index (χ4n) is 1.83. The van der Waals surface area contributed by atoms with Crippen molar-refractivity contribution in [3.05, 3.63) is 66.0 Å². The Morgan fingerprint density at radius 2 is 1.78 bits per heavy atom. The van der Waals surface area contributed by atoms with Crippen molar-refractivity contribution in [2.24, 2.45) is 0 Å². The van der Waals surface area contributed by atoms with Crippen molar-refractivity contribution in [2.45, 2.75) is 6.54 Å². The van der Waals surface area contributed by atoms with Gasteiger partial charge in [0, 0.05) is 24.5 Å². The van der Waals surface area contributed by atoms with Gasteiger partial charge in [0.25, 0.3) is 0 Å². The molecular weight excluding hydrogens is 224 g/mol. The van der Waals surface area contributed by atoms with E-state index < -0.39 is 0 Å². The lowest BCUT2D eigenvalue weighted by atomic mass is 10.1. The van der Waals surface area contributed by atoms with Crippen LogP contribution < -0.4 is 0 Å². The molecule has 1 aromatic heterocycles. The maximum absolute atomic E-state index is 12.0. The molecule has 2 rings (SSSR count). The average molecular weight is 240 g/mol. The standard InChI is InChI=1S/C15H16N2O/c1-17(11-13-5-3-2-4-6-13)12-15(18)14-7-9-16-10-8-14/h2-10H,11-12H2,1H3. The van der Waals surface area contributed by atoms with Crippen LogP contribution >= 0.6 is 0 Å². The second kappa shape index (κ2) is 6.07. The molecule has 1 heterocycles. The molecule has 0 spiro atoms. The first kappa shape index (κ1) is 12.5. The summed E-state index contributed by atoms with van der Waals surface area (Å²) in [5, 5.41) is 0. The number of aromatic nitrogens is 1. The second-order valence-electron chi connectivity index (χ2n) is 4.32. The number of carbonyl (C=O) groups excluding carboxylic acids is 1. The molecule has 92 valence electrons. The first-order valence-corrected chi connectivity index (χ1v) is 5.91. The van der Waals surface area contributed by atoms with Crippen molar-refractivity contribution in [1.82, 2.24) is 9.88 Å². The fraction of sp³-hybridized carbons (Fsp3) is 0.200. The lowest BCUT2D eigenvalue weighted by molar-refractivity contribution is 0.0943. The lowest BCUT2D eigenvalue weighted by Gasteiger charge is -2.15. The number of ketones is 1. The van der Waals surface area contributed by atoms with E-state index in [4.69, 9.17) is 0 Å². The van der Waals surface area contributed by atoms with Gasteiger partial charge in [-0.1, -0.05) is 30.3 Å². The topological polar surface area (TPSA) is 33.2 Å². The van der Waals surface area contributed by atoms with E-state index in [9.17, 15) is 4.79 Å². The van der Waals surface area contributed by atoms with Crippen LogP contribution in [0.15, 0.2) is 54.9 Å². The normalized spacial score (nSPS) is 10.6. The molecule has 0 atom stereocenters. The first-order chi connectivity index (χ1) is 8.75. The Bertz CT molecular complexity index is 496. The Morgan fingerprint density at radius 3 is 2.44 bits per heavy atom. The van der Waals surface area contributed by atoms with Gasteiger partial charge < -0.3 is 0 Å². The third kappa shape index (κ3) is 3.50. The zero-order valence-corrected chi connectivity index (χ0v) is 10.4. The van der Waals surface area contributed by atoms with E-state index in [0.717, 1.165) is 6.54 Å². The molecule has 2 aromatic rings. The maximum Gasteiger partial charge on any atom is 0.176 e. The highest BCUT2D eigenvalue weighted by Gasteiger charge is 2.09. The number of benzene rings is 1. The summed E-state index contributed by atoms with van der Waals surface area (Å²) in [7, 11) is 1.95. The third-order valence-corrected chi connectivity index (χ3v) is 2.71. The van der Waals surface area contributed by atoms with Crippen molar-refractivity contribution < 1.29 is 4.79 Å². The monoisotopic (exact) mass is 240 g/mol. The molecule has 0 fully saturated rings. The third-order valence-electron chi connectivity index (χ3n) is 2.71. The second-order valence-corrected chi connectivity index (χ2v) is 4.32. The van der Waals surface area contributed by atoms with Crippen molar-refractivity contribution in [3.8, 4) is 0 Å². The van der Waals surface area contributed by atoms with Gasteiger partial charge in [0.2, 0.25) is 0 Å². The predicted octanol–water partition coefficient (Wildman–Crippen LogP) is 2.40. The van der Waals surface area contributed by atoms with Gasteiger partial charge in [-0.2, -0.15) is 0 Å². The van der Waals surface area contributed by atoms with Crippen LogP contribution in [-0.2, 0) is 6.54 Å². The molecule has 18 heavy (non-hydrogen) atoms. The molecule has 0 aliphatic rings. The molecule has 0 amide bonds. The summed E-state index contributed by atoms with van der Waals surface area (Å²) in [6.45, 7) is 1.19. The molecule has 0 N–H and O–H groups in total. The molecule has 0 aliphatic heterocycles. The molecule has 0 bridgehead atoms. The number of likely N-dealkylation sites (N-methyl/N-ethyl adjacent to an activating group) is 1. The smallest absolute Gasteiger partial charge is 0.176 e. The van der Waals surface area contributed by atoms with Gasteiger partial charge >= 0.3 is 0 Å². The fourth-order valence-corrected chi connectivity index (χ4v) is 1.83. The van der Waals surface area contributed by atoms with Crippen LogP contribution in [0.3, 0.4) is 0 Å². The summed E-state index contributed by atoms with van der Waals surface area (Å²) in [6.07, 6.45) is 3.29. The minimum Gasteiger partial charge on any atom is -0.295 e. The van der Waals surface area contributed by atoms with Gasteiger partial charge in [0.15, 0.2) is 5.78 Å². The van der Waals surface area contributed by atoms with Crippen LogP contribution in [0, 0.1) is 0 Å². The maximum atomic E-state index is 12.0. The molecule has 1 aromatic carbocycles. The Labute approximate surface area is 107 Å². The highest BCUT2D eigenvalue weighted by Crippen LogP contribution is 2.04. The summed E-state index contributed by atoms with van der Waals surface area (Å²) >= 11 is 0. The van der Waals surface area contributed by atoms with E-state index in [1.165, 1.54) is 5.56 Å². The van der Waals surface area contributed by atoms with E-state index in [0.29, 0.717) is 12.1 Å². The van der Waals surface area contributed by atoms with Crippen LogP contribution in [0.2, 0.25) is 0 Å². The molecule has 3 nitrogen and oxygen atoms in total. The van der Waals surface area contributed by atoms with E-state index in [2.05, 4.69) is 17.1 Å². The molecule has 0 radical (unpaired) electrons. The zero-order chi connectivity index (χ0) is 12.8. The summed E-state index contributed by atoms with van der Waals surface area (Å²) in [4.78, 5) is 17.9. The van der Waals surface area contributed by atoms with E-state index in [-0.39, 0.29) is 5.78 Å². The molecule has 0 saturated heterocycles. The zero-order valence-electron chi connectivity index (χ0n) is 10.4. The summed E-state index contributed by atoms with van der Waals surface area (Å²) in [6, 6.07) is 13.6. The number of Topliss-reactive ketones (excluding diaryl/α,β-unsaturated/α-hetero) is 1. The molecule has 0 saturated carbocycles. The molecule has 3 heteroatoms. The van der Waals surface area contributed by atoms with Gasteiger partial charge in [0.05, 0.1) is 6.54 Å². The van der Waals surface area contributed by atoms with Crippen LogP contribution in [-0.4, -0.2) is 29.3 Å². The van der Waals surface area contributed by atoms with Crippen LogP contribution in [0.5, 0.6) is 0 Å². The number of carbonyl (C=O) groups is 1. The van der Waals surface area contributed by atoms with Crippen molar-refractivity contribution in [3.63, 3.8) is 0 Å². The van der Waals surface area contributed by atoms with Crippen molar-refractivity contribution >= 4 is 5.78 Å². The van der Waals surface area contributed by atoms with Gasteiger partial charge in [-0.25, -0.2) is 0 Å². The highest BCUT2D eigenvalue weighted by atomic mass is 16.1. The van der Waals surface area contributed by atoms with Gasteiger partial charge in [-0.05, 0) is 24.7 Å². The Hall–Kier alpha value is -2.00. The van der Waals surface area contributed by atoms with Crippen LogP contribution in [0.25, 0.3) is 0 Å². The summed E-state index contributed by atoms with van der Waals surface area (Å²) in [5.74, 6) is 0.121. The average Bonchev–Trinajstić information content (AvgIpc) is 2.40. The highest BCUT2D eigenvalue weighted by molar-refractivity contribution is 5.97. The number of pyridine rings is 1. The van der Waals surface area contributed by atoms with Crippen LogP contribution in [0.1, 0.15) is 15.9 Å². The minimum atomic E-state index is 0.121. The van der Waals surface area contributed by atoms with Crippen molar-refractivity contribution in [2.75, 3.05) is 13.6 Å². The number of hydrogen-bond donors (Lipinski definition) is 0. The van der Waals surface area contributed by atoms with Gasteiger partial charge in [-0.3, -0.25) is 14.7 Å².